The topological polar surface area (TPSA) is 62.3 Å². The third kappa shape index (κ3) is 2.90. The molecule has 2 heterocycles. The van der Waals surface area contributed by atoms with Gasteiger partial charge in [-0.3, -0.25) is 24.8 Å². The van der Waals surface area contributed by atoms with Crippen molar-refractivity contribution in [3.05, 3.63) is 72.5 Å². The number of rotatable bonds is 3. The van der Waals surface area contributed by atoms with Gasteiger partial charge in [-0.1, -0.05) is 36.4 Å². The Morgan fingerprint density at radius 2 is 1.93 bits per heavy atom. The van der Waals surface area contributed by atoms with E-state index in [4.69, 9.17) is 12.2 Å². The van der Waals surface area contributed by atoms with Crippen LogP contribution in [0.1, 0.15) is 5.56 Å². The number of amides is 2. The van der Waals surface area contributed by atoms with E-state index in [9.17, 15) is 9.59 Å². The zero-order valence-electron chi connectivity index (χ0n) is 14.3. The number of nitrogens with one attached hydrogen (secondary N) is 1. The zero-order valence-corrected chi connectivity index (χ0v) is 15.1. The Bertz CT molecular complexity index is 1170. The van der Waals surface area contributed by atoms with Crippen LogP contribution in [0, 0.1) is 0 Å². The molecule has 0 saturated carbocycles. The van der Waals surface area contributed by atoms with Crippen LogP contribution in [-0.4, -0.2) is 33.4 Å². The van der Waals surface area contributed by atoms with Gasteiger partial charge in [-0.25, -0.2) is 0 Å². The minimum atomic E-state index is -0.504. The number of hydrogen-bond donors (Lipinski definition) is 1. The normalized spacial score (nSPS) is 16.2. The second-order valence-corrected chi connectivity index (χ2v) is 6.49. The molecule has 1 N–H and O–H groups in total. The molecule has 3 aromatic rings. The summed E-state index contributed by atoms with van der Waals surface area (Å²) >= 11 is 5.09. The van der Waals surface area contributed by atoms with Gasteiger partial charge in [-0.05, 0) is 41.4 Å². The first-order chi connectivity index (χ1) is 13.1. The van der Waals surface area contributed by atoms with E-state index in [1.54, 1.807) is 18.3 Å². The standard InChI is InChI=1S/C21H15N3O2S/c1-2-10-24-20(26)17(19(25)23-21(24)27)12-14-11-13-6-3-4-7-15(13)18-16(14)8-5-9-22-18/h2-9,11-12H,1,10H2,(H,23,25,27). The molecule has 1 saturated heterocycles. The second-order valence-electron chi connectivity index (χ2n) is 6.11. The quantitative estimate of drug-likeness (QED) is 0.252. The van der Waals surface area contributed by atoms with Crippen molar-refractivity contribution in [2.45, 2.75) is 0 Å². The van der Waals surface area contributed by atoms with Crippen LogP contribution in [0.2, 0.25) is 0 Å². The highest BCUT2D eigenvalue weighted by Gasteiger charge is 2.32. The number of carbonyl (C=O) groups excluding carboxylic acids is 2. The van der Waals surface area contributed by atoms with E-state index >= 15 is 0 Å². The molecule has 1 aliphatic rings. The molecule has 0 aliphatic carbocycles. The molecule has 2 aromatic carbocycles. The van der Waals surface area contributed by atoms with Gasteiger partial charge in [0.25, 0.3) is 11.8 Å². The molecule has 0 atom stereocenters. The first-order valence-electron chi connectivity index (χ1n) is 8.36. The summed E-state index contributed by atoms with van der Waals surface area (Å²) in [6.45, 7) is 3.86. The second kappa shape index (κ2) is 6.74. The summed E-state index contributed by atoms with van der Waals surface area (Å²) < 4.78 is 0. The lowest BCUT2D eigenvalue weighted by molar-refractivity contribution is -0.128. The summed E-state index contributed by atoms with van der Waals surface area (Å²) in [5.74, 6) is -0.940. The first kappa shape index (κ1) is 17.1. The lowest BCUT2D eigenvalue weighted by Crippen LogP contribution is -2.53. The lowest BCUT2D eigenvalue weighted by Gasteiger charge is -2.27. The maximum absolute atomic E-state index is 12.8. The van der Waals surface area contributed by atoms with Crippen LogP contribution in [0.4, 0.5) is 0 Å². The maximum Gasteiger partial charge on any atom is 0.265 e. The number of carbonyl (C=O) groups is 2. The van der Waals surface area contributed by atoms with Crippen LogP contribution >= 0.6 is 12.2 Å². The van der Waals surface area contributed by atoms with Crippen molar-refractivity contribution in [1.29, 1.82) is 0 Å². The molecule has 132 valence electrons. The number of nitrogens with zero attached hydrogens (tertiary/aromatic N) is 2. The van der Waals surface area contributed by atoms with Gasteiger partial charge in [-0.15, -0.1) is 6.58 Å². The van der Waals surface area contributed by atoms with E-state index in [-0.39, 0.29) is 17.2 Å². The highest BCUT2D eigenvalue weighted by atomic mass is 32.1. The van der Waals surface area contributed by atoms with Crippen molar-refractivity contribution in [3.8, 4) is 0 Å². The molecule has 27 heavy (non-hydrogen) atoms. The van der Waals surface area contributed by atoms with E-state index in [1.165, 1.54) is 4.90 Å². The fourth-order valence-electron chi connectivity index (χ4n) is 3.20. The zero-order chi connectivity index (χ0) is 19.0. The van der Waals surface area contributed by atoms with Gasteiger partial charge < -0.3 is 0 Å². The monoisotopic (exact) mass is 373 g/mol. The average Bonchev–Trinajstić information content (AvgIpc) is 2.68. The van der Waals surface area contributed by atoms with Crippen LogP contribution in [0.25, 0.3) is 27.8 Å². The van der Waals surface area contributed by atoms with Crippen molar-refractivity contribution < 1.29 is 9.59 Å². The van der Waals surface area contributed by atoms with Gasteiger partial charge in [-0.2, -0.15) is 0 Å². The number of pyridine rings is 1. The average molecular weight is 373 g/mol. The van der Waals surface area contributed by atoms with Crippen molar-refractivity contribution >= 4 is 56.9 Å². The Morgan fingerprint density at radius 3 is 2.74 bits per heavy atom. The Morgan fingerprint density at radius 1 is 1.15 bits per heavy atom. The molecule has 1 fully saturated rings. The van der Waals surface area contributed by atoms with Crippen LogP contribution < -0.4 is 5.32 Å². The van der Waals surface area contributed by atoms with Gasteiger partial charge in [0, 0.05) is 23.5 Å². The predicted molar refractivity (Wildman–Crippen MR) is 110 cm³/mol. The molecule has 2 amide bonds. The van der Waals surface area contributed by atoms with Crippen molar-refractivity contribution in [2.75, 3.05) is 6.54 Å². The van der Waals surface area contributed by atoms with Crippen molar-refractivity contribution in [1.82, 2.24) is 15.2 Å². The fourth-order valence-corrected chi connectivity index (χ4v) is 3.45. The van der Waals surface area contributed by atoms with Crippen LogP contribution in [0.3, 0.4) is 0 Å². The summed E-state index contributed by atoms with van der Waals surface area (Å²) in [4.78, 5) is 31.0. The lowest BCUT2D eigenvalue weighted by atomic mass is 9.98. The third-order valence-corrected chi connectivity index (χ3v) is 4.77. The van der Waals surface area contributed by atoms with Crippen LogP contribution in [0.5, 0.6) is 0 Å². The SMILES string of the molecule is C=CCN1C(=O)C(=Cc2cc3ccccc3c3ncccc23)C(=O)NC1=S. The van der Waals surface area contributed by atoms with Crippen LogP contribution in [0.15, 0.2) is 66.9 Å². The van der Waals surface area contributed by atoms with Crippen molar-refractivity contribution in [3.63, 3.8) is 0 Å². The number of benzene rings is 2. The summed E-state index contributed by atoms with van der Waals surface area (Å²) in [5, 5.41) is 5.53. The summed E-state index contributed by atoms with van der Waals surface area (Å²) in [5.41, 5.74) is 1.61. The molecule has 1 aromatic heterocycles. The van der Waals surface area contributed by atoms with Gasteiger partial charge in [0.05, 0.1) is 5.52 Å². The molecule has 6 heteroatoms. The van der Waals surface area contributed by atoms with E-state index in [1.807, 2.05) is 42.5 Å². The third-order valence-electron chi connectivity index (χ3n) is 4.44. The highest BCUT2D eigenvalue weighted by Crippen LogP contribution is 2.29. The summed E-state index contributed by atoms with van der Waals surface area (Å²) in [6, 6.07) is 13.6. The minimum absolute atomic E-state index is 0.0332. The molecule has 5 nitrogen and oxygen atoms in total. The molecule has 1 aliphatic heterocycles. The summed E-state index contributed by atoms with van der Waals surface area (Å²) in [6.07, 6.45) is 4.90. The van der Waals surface area contributed by atoms with E-state index in [2.05, 4.69) is 16.9 Å². The Kier molecular flexibility index (Phi) is 4.25. The van der Waals surface area contributed by atoms with Gasteiger partial charge >= 0.3 is 0 Å². The van der Waals surface area contributed by atoms with Gasteiger partial charge in [0.15, 0.2) is 5.11 Å². The fraction of sp³-hybridized carbons (Fsp3) is 0.0476. The van der Waals surface area contributed by atoms with E-state index in [0.29, 0.717) is 0 Å². The molecule has 0 unspecified atom stereocenters. The summed E-state index contributed by atoms with van der Waals surface area (Å²) in [7, 11) is 0. The van der Waals surface area contributed by atoms with E-state index in [0.717, 1.165) is 27.2 Å². The van der Waals surface area contributed by atoms with Crippen LogP contribution in [-0.2, 0) is 9.59 Å². The smallest absolute Gasteiger partial charge is 0.265 e. The molecule has 0 spiro atoms. The molecule has 0 bridgehead atoms. The van der Waals surface area contributed by atoms with E-state index < -0.39 is 11.8 Å². The highest BCUT2D eigenvalue weighted by molar-refractivity contribution is 7.80. The Hall–Kier alpha value is -3.38. The molecular weight excluding hydrogens is 358 g/mol. The predicted octanol–water partition coefficient (Wildman–Crippen LogP) is 3.20. The Balaban J connectivity index is 1.93. The maximum atomic E-state index is 12.8. The number of hydrogen-bond acceptors (Lipinski definition) is 4. The molecular formula is C21H15N3O2S. The molecule has 4 rings (SSSR count). The number of aromatic nitrogens is 1. The molecule has 0 radical (unpaired) electrons. The Labute approximate surface area is 161 Å². The largest absolute Gasteiger partial charge is 0.298 e. The van der Waals surface area contributed by atoms with Gasteiger partial charge in [0.2, 0.25) is 0 Å². The first-order valence-corrected chi connectivity index (χ1v) is 8.77. The van der Waals surface area contributed by atoms with Gasteiger partial charge in [0.1, 0.15) is 5.57 Å². The number of fused-ring (bicyclic) bond motifs is 3. The minimum Gasteiger partial charge on any atom is -0.298 e. The van der Waals surface area contributed by atoms with Crippen molar-refractivity contribution in [2.24, 2.45) is 0 Å². The number of thiocarbonyl (C=S) groups is 1.